The molecular weight excluding hydrogens is 279 g/mol. The predicted octanol–water partition coefficient (Wildman–Crippen LogP) is 4.89. The molecule has 2 nitrogen and oxygen atoms in total. The fourth-order valence-electron chi connectivity index (χ4n) is 2.15. The van der Waals surface area contributed by atoms with Crippen LogP contribution in [0.5, 0.6) is 5.75 Å². The molecule has 0 aliphatic carbocycles. The molecule has 0 heterocycles. The first-order valence-corrected chi connectivity index (χ1v) is 6.48. The summed E-state index contributed by atoms with van der Waals surface area (Å²) in [4.78, 5) is 0. The van der Waals surface area contributed by atoms with E-state index < -0.39 is 17.8 Å². The monoisotopic (exact) mass is 295 g/mol. The fourth-order valence-corrected chi connectivity index (χ4v) is 2.15. The van der Waals surface area contributed by atoms with Crippen molar-refractivity contribution in [2.45, 2.75) is 19.1 Å². The average molecular weight is 295 g/mol. The highest BCUT2D eigenvalue weighted by molar-refractivity contribution is 5.49. The Morgan fingerprint density at radius 3 is 2.19 bits per heavy atom. The van der Waals surface area contributed by atoms with Crippen molar-refractivity contribution in [2.75, 3.05) is 12.4 Å². The Morgan fingerprint density at radius 1 is 1.00 bits per heavy atom. The Balaban J connectivity index is 2.22. The number of benzene rings is 2. The second kappa shape index (κ2) is 6.08. The van der Waals surface area contributed by atoms with E-state index in [0.29, 0.717) is 5.75 Å². The van der Waals surface area contributed by atoms with E-state index in [1.54, 1.807) is 44.4 Å². The quantitative estimate of drug-likeness (QED) is 0.867. The van der Waals surface area contributed by atoms with E-state index in [1.807, 2.05) is 0 Å². The summed E-state index contributed by atoms with van der Waals surface area (Å²) in [5.74, 6) is 0.698. The van der Waals surface area contributed by atoms with Crippen LogP contribution in [0.15, 0.2) is 48.5 Å². The van der Waals surface area contributed by atoms with Crippen molar-refractivity contribution in [3.8, 4) is 5.75 Å². The van der Waals surface area contributed by atoms with Crippen LogP contribution in [0.2, 0.25) is 0 Å². The Kier molecular flexibility index (Phi) is 4.40. The fraction of sp³-hybridized carbons (Fsp3) is 0.250. The average Bonchev–Trinajstić information content (AvgIpc) is 2.47. The third-order valence-corrected chi connectivity index (χ3v) is 3.21. The lowest BCUT2D eigenvalue weighted by Gasteiger charge is -2.20. The number of methoxy groups -OCH3 is 1. The van der Waals surface area contributed by atoms with Gasteiger partial charge in [-0.1, -0.05) is 18.2 Å². The smallest absolute Gasteiger partial charge is 0.416 e. The number of rotatable bonds is 4. The lowest BCUT2D eigenvalue weighted by Crippen LogP contribution is -2.15. The largest absolute Gasteiger partial charge is 0.497 e. The van der Waals surface area contributed by atoms with Crippen molar-refractivity contribution in [3.63, 3.8) is 0 Å². The Hall–Kier alpha value is -2.17. The van der Waals surface area contributed by atoms with Crippen LogP contribution in [0.1, 0.15) is 24.1 Å². The Bertz CT molecular complexity index is 593. The standard InChI is InChI=1S/C16H16F3NO/c1-11(20-12-7-9-13(21-2)10-8-12)14-5-3-4-6-15(14)16(17,18)19/h3-11,20H,1-2H3. The van der Waals surface area contributed by atoms with Crippen molar-refractivity contribution >= 4 is 5.69 Å². The second-order valence-electron chi connectivity index (χ2n) is 4.68. The van der Waals surface area contributed by atoms with Gasteiger partial charge in [-0.15, -0.1) is 0 Å². The van der Waals surface area contributed by atoms with Gasteiger partial charge in [0.1, 0.15) is 5.75 Å². The SMILES string of the molecule is COc1ccc(NC(C)c2ccccc2C(F)(F)F)cc1. The number of nitrogens with one attached hydrogen (secondary N) is 1. The summed E-state index contributed by atoms with van der Waals surface area (Å²) in [5.41, 5.74) is 0.347. The van der Waals surface area contributed by atoms with Gasteiger partial charge in [-0.2, -0.15) is 13.2 Å². The van der Waals surface area contributed by atoms with E-state index >= 15 is 0 Å². The zero-order valence-electron chi connectivity index (χ0n) is 11.7. The van der Waals surface area contributed by atoms with Gasteiger partial charge < -0.3 is 10.1 Å². The molecule has 2 aromatic rings. The van der Waals surface area contributed by atoms with E-state index in [2.05, 4.69) is 5.32 Å². The zero-order chi connectivity index (χ0) is 15.5. The molecule has 0 aliphatic rings. The first-order chi connectivity index (χ1) is 9.91. The van der Waals surface area contributed by atoms with E-state index in [1.165, 1.54) is 12.1 Å². The van der Waals surface area contributed by atoms with Crippen molar-refractivity contribution in [2.24, 2.45) is 0 Å². The topological polar surface area (TPSA) is 21.3 Å². The normalized spacial score (nSPS) is 12.8. The lowest BCUT2D eigenvalue weighted by molar-refractivity contribution is -0.138. The minimum absolute atomic E-state index is 0.223. The first-order valence-electron chi connectivity index (χ1n) is 6.48. The summed E-state index contributed by atoms with van der Waals surface area (Å²) in [6, 6.07) is 12.2. The van der Waals surface area contributed by atoms with E-state index in [4.69, 9.17) is 4.74 Å². The van der Waals surface area contributed by atoms with Crippen molar-refractivity contribution in [1.82, 2.24) is 0 Å². The molecule has 2 aromatic carbocycles. The minimum atomic E-state index is -4.35. The van der Waals surface area contributed by atoms with Crippen LogP contribution in [0.25, 0.3) is 0 Å². The molecule has 21 heavy (non-hydrogen) atoms. The van der Waals surface area contributed by atoms with Crippen LogP contribution >= 0.6 is 0 Å². The maximum atomic E-state index is 13.0. The Labute approximate surface area is 121 Å². The first kappa shape index (κ1) is 15.2. The molecule has 0 saturated heterocycles. The number of hydrogen-bond donors (Lipinski definition) is 1. The molecule has 0 saturated carbocycles. The molecule has 112 valence electrons. The molecule has 5 heteroatoms. The zero-order valence-corrected chi connectivity index (χ0v) is 11.7. The summed E-state index contributed by atoms with van der Waals surface area (Å²) in [5, 5.41) is 3.07. The maximum Gasteiger partial charge on any atom is 0.416 e. The summed E-state index contributed by atoms with van der Waals surface area (Å²) in [6.07, 6.45) is -4.35. The van der Waals surface area contributed by atoms with Gasteiger partial charge in [0.05, 0.1) is 12.7 Å². The molecule has 0 amide bonds. The number of anilines is 1. The number of hydrogen-bond acceptors (Lipinski definition) is 2. The minimum Gasteiger partial charge on any atom is -0.497 e. The van der Waals surface area contributed by atoms with Crippen molar-refractivity contribution in [1.29, 1.82) is 0 Å². The van der Waals surface area contributed by atoms with Gasteiger partial charge >= 0.3 is 6.18 Å². The lowest BCUT2D eigenvalue weighted by atomic mass is 10.0. The third-order valence-electron chi connectivity index (χ3n) is 3.21. The highest BCUT2D eigenvalue weighted by Gasteiger charge is 2.34. The molecule has 0 aliphatic heterocycles. The molecule has 0 spiro atoms. The molecule has 0 radical (unpaired) electrons. The molecule has 0 aromatic heterocycles. The summed E-state index contributed by atoms with van der Waals surface area (Å²) >= 11 is 0. The molecule has 0 fully saturated rings. The number of ether oxygens (including phenoxy) is 1. The molecular formula is C16H16F3NO. The molecule has 1 atom stereocenters. The highest BCUT2D eigenvalue weighted by Crippen LogP contribution is 2.35. The summed E-state index contributed by atoms with van der Waals surface area (Å²) in [7, 11) is 1.56. The van der Waals surface area contributed by atoms with E-state index in [9.17, 15) is 13.2 Å². The Morgan fingerprint density at radius 2 is 1.62 bits per heavy atom. The van der Waals surface area contributed by atoms with Crippen LogP contribution < -0.4 is 10.1 Å². The van der Waals surface area contributed by atoms with Crippen LogP contribution in [-0.2, 0) is 6.18 Å². The van der Waals surface area contributed by atoms with Crippen LogP contribution in [0.3, 0.4) is 0 Å². The van der Waals surface area contributed by atoms with Gasteiger partial charge in [0.25, 0.3) is 0 Å². The van der Waals surface area contributed by atoms with E-state index in [0.717, 1.165) is 11.8 Å². The predicted molar refractivity (Wildman–Crippen MR) is 76.5 cm³/mol. The van der Waals surface area contributed by atoms with Crippen molar-refractivity contribution < 1.29 is 17.9 Å². The van der Waals surface area contributed by atoms with Crippen molar-refractivity contribution in [3.05, 3.63) is 59.7 Å². The highest BCUT2D eigenvalue weighted by atomic mass is 19.4. The van der Waals surface area contributed by atoms with Gasteiger partial charge in [-0.3, -0.25) is 0 Å². The molecule has 0 bridgehead atoms. The summed E-state index contributed by atoms with van der Waals surface area (Å²) < 4.78 is 44.1. The van der Waals surface area contributed by atoms with Crippen LogP contribution in [-0.4, -0.2) is 7.11 Å². The molecule has 1 unspecified atom stereocenters. The number of alkyl halides is 3. The summed E-state index contributed by atoms with van der Waals surface area (Å²) in [6.45, 7) is 1.70. The van der Waals surface area contributed by atoms with Gasteiger partial charge in [-0.05, 0) is 42.8 Å². The van der Waals surface area contributed by atoms with Crippen LogP contribution in [0, 0.1) is 0 Å². The number of halogens is 3. The van der Waals surface area contributed by atoms with Gasteiger partial charge in [-0.25, -0.2) is 0 Å². The van der Waals surface area contributed by atoms with Gasteiger partial charge in [0.2, 0.25) is 0 Å². The second-order valence-corrected chi connectivity index (χ2v) is 4.68. The van der Waals surface area contributed by atoms with Crippen LogP contribution in [0.4, 0.5) is 18.9 Å². The van der Waals surface area contributed by atoms with E-state index in [-0.39, 0.29) is 5.56 Å². The molecule has 1 N–H and O–H groups in total. The maximum absolute atomic E-state index is 13.0. The van der Waals surface area contributed by atoms with Gasteiger partial charge in [0, 0.05) is 11.7 Å². The third kappa shape index (κ3) is 3.68. The molecule has 2 rings (SSSR count). The van der Waals surface area contributed by atoms with Gasteiger partial charge in [0.15, 0.2) is 0 Å².